The van der Waals surface area contributed by atoms with Crippen LogP contribution < -0.4 is 4.74 Å². The van der Waals surface area contributed by atoms with E-state index < -0.39 is 5.75 Å². The summed E-state index contributed by atoms with van der Waals surface area (Å²) >= 11 is 0. The van der Waals surface area contributed by atoms with Gasteiger partial charge in [0.1, 0.15) is 34.5 Å². The van der Waals surface area contributed by atoms with Gasteiger partial charge < -0.3 is 30.3 Å². The fourth-order valence-electron chi connectivity index (χ4n) is 2.75. The number of methoxy groups -OCH3 is 1. The van der Waals surface area contributed by atoms with Crippen molar-refractivity contribution >= 4 is 21.5 Å². The van der Waals surface area contributed by atoms with Gasteiger partial charge >= 0.3 is 0 Å². The lowest BCUT2D eigenvalue weighted by Crippen LogP contribution is -1.92. The molecule has 0 heterocycles. The predicted molar refractivity (Wildman–Crippen MR) is 81.1 cm³/mol. The van der Waals surface area contributed by atoms with E-state index in [-0.39, 0.29) is 50.3 Å². The molecular formula is C16H14O6. The zero-order valence-electron chi connectivity index (χ0n) is 11.9. The number of fused-ring (bicyclic) bond motifs is 2. The third-order valence-corrected chi connectivity index (χ3v) is 3.76. The Kier molecular flexibility index (Phi) is 2.84. The normalized spacial score (nSPS) is 11.2. The molecule has 6 heteroatoms. The molecule has 0 aliphatic carbocycles. The van der Waals surface area contributed by atoms with Crippen LogP contribution in [-0.2, 0) is 0 Å². The number of phenolic OH excluding ortho intramolecular Hbond substituents is 5. The van der Waals surface area contributed by atoms with Gasteiger partial charge in [-0.3, -0.25) is 0 Å². The van der Waals surface area contributed by atoms with Gasteiger partial charge in [-0.2, -0.15) is 0 Å². The fraction of sp³-hybridized carbons (Fsp3) is 0.125. The van der Waals surface area contributed by atoms with Gasteiger partial charge in [0.2, 0.25) is 0 Å². The van der Waals surface area contributed by atoms with Gasteiger partial charge in [-0.25, -0.2) is 0 Å². The standard InChI is InChI=1S/C16H14O6/c1-6-5-9(19)12-13(14(6)20)15(21)10-7(17)3-4-8(18)11(10)16(12)22-2/h3-5,17-21H,1-2H3. The lowest BCUT2D eigenvalue weighted by Gasteiger charge is -2.17. The average molecular weight is 302 g/mol. The van der Waals surface area contributed by atoms with E-state index in [1.807, 2.05) is 0 Å². The van der Waals surface area contributed by atoms with E-state index >= 15 is 0 Å². The highest BCUT2D eigenvalue weighted by molar-refractivity contribution is 6.18. The van der Waals surface area contributed by atoms with E-state index in [1.54, 1.807) is 6.92 Å². The van der Waals surface area contributed by atoms with Gasteiger partial charge in [0, 0.05) is 0 Å². The first kappa shape index (κ1) is 13.9. The Morgan fingerprint density at radius 2 is 1.27 bits per heavy atom. The van der Waals surface area contributed by atoms with Crippen LogP contribution in [0, 0.1) is 6.92 Å². The summed E-state index contributed by atoms with van der Waals surface area (Å²) in [7, 11) is 1.32. The fourth-order valence-corrected chi connectivity index (χ4v) is 2.75. The molecule has 114 valence electrons. The van der Waals surface area contributed by atoms with Crippen molar-refractivity contribution < 1.29 is 30.3 Å². The molecule has 0 radical (unpaired) electrons. The zero-order valence-corrected chi connectivity index (χ0v) is 11.9. The Balaban J connectivity index is 2.78. The first-order valence-corrected chi connectivity index (χ1v) is 6.47. The molecule has 3 rings (SSSR count). The molecule has 3 aromatic carbocycles. The van der Waals surface area contributed by atoms with Crippen LogP contribution in [0.25, 0.3) is 21.5 Å². The topological polar surface area (TPSA) is 110 Å². The number of phenols is 5. The summed E-state index contributed by atoms with van der Waals surface area (Å²) in [5.74, 6) is -1.39. The summed E-state index contributed by atoms with van der Waals surface area (Å²) in [5, 5.41) is 50.9. The summed E-state index contributed by atoms with van der Waals surface area (Å²) in [5.41, 5.74) is 0.348. The van der Waals surface area contributed by atoms with Crippen LogP contribution in [0.1, 0.15) is 5.56 Å². The Hall–Kier alpha value is -3.02. The molecule has 0 amide bonds. The van der Waals surface area contributed by atoms with Gasteiger partial charge in [0.05, 0.1) is 28.7 Å². The van der Waals surface area contributed by atoms with E-state index in [2.05, 4.69) is 0 Å². The van der Waals surface area contributed by atoms with Crippen LogP contribution in [0.15, 0.2) is 18.2 Å². The molecule has 0 aromatic heterocycles. The molecule has 0 atom stereocenters. The van der Waals surface area contributed by atoms with E-state index in [0.29, 0.717) is 5.56 Å². The van der Waals surface area contributed by atoms with E-state index in [9.17, 15) is 25.5 Å². The van der Waals surface area contributed by atoms with Gasteiger partial charge in [-0.05, 0) is 30.7 Å². The van der Waals surface area contributed by atoms with Crippen molar-refractivity contribution in [1.82, 2.24) is 0 Å². The molecule has 3 aromatic rings. The largest absolute Gasteiger partial charge is 0.507 e. The van der Waals surface area contributed by atoms with Crippen molar-refractivity contribution in [2.24, 2.45) is 0 Å². The molecule has 22 heavy (non-hydrogen) atoms. The van der Waals surface area contributed by atoms with E-state index in [1.165, 1.54) is 25.3 Å². The predicted octanol–water partition coefficient (Wildman–Crippen LogP) is 2.84. The quantitative estimate of drug-likeness (QED) is 0.349. The van der Waals surface area contributed by atoms with E-state index in [4.69, 9.17) is 4.74 Å². The maximum Gasteiger partial charge on any atom is 0.142 e. The van der Waals surface area contributed by atoms with Gasteiger partial charge in [-0.1, -0.05) is 0 Å². The molecule has 0 bridgehead atoms. The zero-order chi connectivity index (χ0) is 16.2. The van der Waals surface area contributed by atoms with Crippen molar-refractivity contribution in [3.63, 3.8) is 0 Å². The van der Waals surface area contributed by atoms with Gasteiger partial charge in [-0.15, -0.1) is 0 Å². The molecule has 5 N–H and O–H groups in total. The van der Waals surface area contributed by atoms with Crippen molar-refractivity contribution in [2.75, 3.05) is 7.11 Å². The number of aromatic hydroxyl groups is 5. The summed E-state index contributed by atoms with van der Waals surface area (Å²) in [6, 6.07) is 3.79. The summed E-state index contributed by atoms with van der Waals surface area (Å²) in [6.07, 6.45) is 0. The molecule has 0 aliphatic heterocycles. The van der Waals surface area contributed by atoms with Crippen molar-refractivity contribution in [3.8, 4) is 34.5 Å². The van der Waals surface area contributed by atoms with Crippen LogP contribution >= 0.6 is 0 Å². The molecule has 0 saturated heterocycles. The number of hydrogen-bond acceptors (Lipinski definition) is 6. The van der Waals surface area contributed by atoms with Gasteiger partial charge in [0.25, 0.3) is 0 Å². The maximum atomic E-state index is 10.5. The molecule has 0 saturated carbocycles. The Bertz CT molecular complexity index is 930. The first-order chi connectivity index (χ1) is 10.4. The highest BCUT2D eigenvalue weighted by Gasteiger charge is 2.24. The third-order valence-electron chi connectivity index (χ3n) is 3.76. The Morgan fingerprint density at radius 1 is 0.727 bits per heavy atom. The van der Waals surface area contributed by atoms with Crippen molar-refractivity contribution in [3.05, 3.63) is 23.8 Å². The Morgan fingerprint density at radius 3 is 1.86 bits per heavy atom. The van der Waals surface area contributed by atoms with Crippen LogP contribution in [0.2, 0.25) is 0 Å². The summed E-state index contributed by atoms with van der Waals surface area (Å²) < 4.78 is 5.25. The number of aryl methyl sites for hydroxylation is 1. The minimum atomic E-state index is -0.448. The SMILES string of the molecule is COc1c2c(O)ccc(O)c2c(O)c2c(O)c(C)cc(O)c12. The van der Waals surface area contributed by atoms with Crippen LogP contribution in [0.4, 0.5) is 0 Å². The molecule has 0 unspecified atom stereocenters. The molecule has 0 spiro atoms. The highest BCUT2D eigenvalue weighted by Crippen LogP contribution is 2.53. The van der Waals surface area contributed by atoms with Crippen LogP contribution in [0.3, 0.4) is 0 Å². The monoisotopic (exact) mass is 302 g/mol. The van der Waals surface area contributed by atoms with Gasteiger partial charge in [0.15, 0.2) is 0 Å². The lowest BCUT2D eigenvalue weighted by atomic mass is 9.96. The van der Waals surface area contributed by atoms with Crippen molar-refractivity contribution in [1.29, 1.82) is 0 Å². The third kappa shape index (κ3) is 1.60. The number of rotatable bonds is 1. The van der Waals surface area contributed by atoms with Crippen LogP contribution in [-0.4, -0.2) is 32.6 Å². The molecular weight excluding hydrogens is 288 g/mol. The van der Waals surface area contributed by atoms with Crippen LogP contribution in [0.5, 0.6) is 34.5 Å². The minimum Gasteiger partial charge on any atom is -0.507 e. The second kappa shape index (κ2) is 4.49. The molecule has 0 fully saturated rings. The minimum absolute atomic E-state index is 0.0454. The number of hydrogen-bond donors (Lipinski definition) is 5. The van der Waals surface area contributed by atoms with Crippen molar-refractivity contribution in [2.45, 2.75) is 6.92 Å². The summed E-state index contributed by atoms with van der Waals surface area (Å²) in [4.78, 5) is 0. The summed E-state index contributed by atoms with van der Waals surface area (Å²) in [6.45, 7) is 1.56. The number of benzene rings is 3. The highest BCUT2D eigenvalue weighted by atomic mass is 16.5. The molecule has 0 aliphatic rings. The number of ether oxygens (including phenoxy) is 1. The maximum absolute atomic E-state index is 10.5. The Labute approximate surface area is 125 Å². The average Bonchev–Trinajstić information content (AvgIpc) is 2.48. The lowest BCUT2D eigenvalue weighted by molar-refractivity contribution is 0.413. The second-order valence-electron chi connectivity index (χ2n) is 5.05. The molecule has 6 nitrogen and oxygen atoms in total. The van der Waals surface area contributed by atoms with E-state index in [0.717, 1.165) is 0 Å². The second-order valence-corrected chi connectivity index (χ2v) is 5.05. The smallest absolute Gasteiger partial charge is 0.142 e. The first-order valence-electron chi connectivity index (χ1n) is 6.47.